The van der Waals surface area contributed by atoms with E-state index in [1.807, 2.05) is 16.9 Å². The molecule has 0 unspecified atom stereocenters. The normalized spacial score (nSPS) is 10.9. The van der Waals surface area contributed by atoms with Crippen molar-refractivity contribution in [2.24, 2.45) is 5.92 Å². The first-order chi connectivity index (χ1) is 6.58. The lowest BCUT2D eigenvalue weighted by Gasteiger charge is -2.03. The van der Waals surface area contributed by atoms with E-state index in [-0.39, 0.29) is 5.78 Å². The molecule has 0 aliphatic rings. The summed E-state index contributed by atoms with van der Waals surface area (Å²) in [7, 11) is 0. The van der Waals surface area contributed by atoms with E-state index in [0.717, 1.165) is 18.7 Å². The molecule has 1 heterocycles. The van der Waals surface area contributed by atoms with Crippen LogP contribution in [0.1, 0.15) is 32.9 Å². The van der Waals surface area contributed by atoms with Crippen molar-refractivity contribution in [1.29, 1.82) is 0 Å². The van der Waals surface area contributed by atoms with Crippen LogP contribution in [0.25, 0.3) is 0 Å². The van der Waals surface area contributed by atoms with Gasteiger partial charge in [0.1, 0.15) is 5.78 Å². The average molecular weight is 194 g/mol. The van der Waals surface area contributed by atoms with Gasteiger partial charge in [0.05, 0.1) is 5.69 Å². The Balaban J connectivity index is 2.46. The standard InChI is InChI=1S/C11H18N2O/c1-9(2)8-13-7-6-11(12-13)5-4-10(3)14/h6-7,9H,4-5,8H2,1-3H3. The van der Waals surface area contributed by atoms with Crippen molar-refractivity contribution in [1.82, 2.24) is 9.78 Å². The van der Waals surface area contributed by atoms with Gasteiger partial charge in [-0.3, -0.25) is 4.68 Å². The maximum Gasteiger partial charge on any atom is 0.130 e. The SMILES string of the molecule is CC(=O)CCc1ccn(CC(C)C)n1. The molecular weight excluding hydrogens is 176 g/mol. The second-order valence-electron chi connectivity index (χ2n) is 4.12. The van der Waals surface area contributed by atoms with Crippen molar-refractivity contribution in [3.8, 4) is 0 Å². The fourth-order valence-electron chi connectivity index (χ4n) is 1.32. The first-order valence-corrected chi connectivity index (χ1v) is 5.09. The van der Waals surface area contributed by atoms with Gasteiger partial charge in [-0.05, 0) is 25.3 Å². The number of aryl methyl sites for hydroxylation is 1. The molecule has 0 fully saturated rings. The third-order valence-corrected chi connectivity index (χ3v) is 1.98. The van der Waals surface area contributed by atoms with E-state index in [1.165, 1.54) is 0 Å². The van der Waals surface area contributed by atoms with Crippen molar-refractivity contribution in [3.63, 3.8) is 0 Å². The number of hydrogen-bond donors (Lipinski definition) is 0. The zero-order valence-electron chi connectivity index (χ0n) is 9.16. The Hall–Kier alpha value is -1.12. The van der Waals surface area contributed by atoms with E-state index in [0.29, 0.717) is 12.3 Å². The molecule has 0 bridgehead atoms. The minimum absolute atomic E-state index is 0.225. The molecule has 3 nitrogen and oxygen atoms in total. The molecule has 0 atom stereocenters. The van der Waals surface area contributed by atoms with Gasteiger partial charge in [-0.1, -0.05) is 13.8 Å². The molecule has 3 heteroatoms. The number of Topliss-reactive ketones (excluding diaryl/α,β-unsaturated/α-hetero) is 1. The van der Waals surface area contributed by atoms with Crippen LogP contribution >= 0.6 is 0 Å². The summed E-state index contributed by atoms with van der Waals surface area (Å²) in [6.07, 6.45) is 3.34. The Morgan fingerprint density at radius 2 is 2.29 bits per heavy atom. The lowest BCUT2D eigenvalue weighted by Crippen LogP contribution is -2.05. The van der Waals surface area contributed by atoms with E-state index >= 15 is 0 Å². The molecule has 1 aromatic heterocycles. The predicted octanol–water partition coefficient (Wildman–Crippen LogP) is 2.06. The second-order valence-corrected chi connectivity index (χ2v) is 4.12. The number of carbonyl (C=O) groups excluding carboxylic acids is 1. The van der Waals surface area contributed by atoms with Crippen LogP contribution in [-0.2, 0) is 17.8 Å². The highest BCUT2D eigenvalue weighted by Crippen LogP contribution is 2.03. The smallest absolute Gasteiger partial charge is 0.130 e. The van der Waals surface area contributed by atoms with Gasteiger partial charge in [0.15, 0.2) is 0 Å². The minimum Gasteiger partial charge on any atom is -0.300 e. The summed E-state index contributed by atoms with van der Waals surface area (Å²) in [5.41, 5.74) is 1.01. The Morgan fingerprint density at radius 3 is 2.86 bits per heavy atom. The highest BCUT2D eigenvalue weighted by atomic mass is 16.1. The molecule has 0 aliphatic carbocycles. The third kappa shape index (κ3) is 3.73. The summed E-state index contributed by atoms with van der Waals surface area (Å²) < 4.78 is 1.94. The van der Waals surface area contributed by atoms with Crippen LogP contribution in [0.2, 0.25) is 0 Å². The highest BCUT2D eigenvalue weighted by Gasteiger charge is 2.02. The average Bonchev–Trinajstić information content (AvgIpc) is 2.47. The number of hydrogen-bond acceptors (Lipinski definition) is 2. The Bertz CT molecular complexity index is 302. The molecule has 0 aliphatic heterocycles. The maximum absolute atomic E-state index is 10.8. The summed E-state index contributed by atoms with van der Waals surface area (Å²) in [6.45, 7) is 6.89. The van der Waals surface area contributed by atoms with Crippen LogP contribution in [0.5, 0.6) is 0 Å². The molecule has 1 rings (SSSR count). The lowest BCUT2D eigenvalue weighted by molar-refractivity contribution is -0.116. The van der Waals surface area contributed by atoms with Crippen molar-refractivity contribution >= 4 is 5.78 Å². The van der Waals surface area contributed by atoms with Crippen molar-refractivity contribution in [3.05, 3.63) is 18.0 Å². The van der Waals surface area contributed by atoms with E-state index in [2.05, 4.69) is 18.9 Å². The van der Waals surface area contributed by atoms with Crippen LogP contribution in [0.3, 0.4) is 0 Å². The van der Waals surface area contributed by atoms with Gasteiger partial charge in [0, 0.05) is 19.2 Å². The minimum atomic E-state index is 0.225. The van der Waals surface area contributed by atoms with Gasteiger partial charge in [-0.25, -0.2) is 0 Å². The Morgan fingerprint density at radius 1 is 1.57 bits per heavy atom. The molecule has 0 amide bonds. The van der Waals surface area contributed by atoms with Gasteiger partial charge < -0.3 is 4.79 Å². The van der Waals surface area contributed by atoms with E-state index in [9.17, 15) is 4.79 Å². The second kappa shape index (κ2) is 4.94. The number of ketones is 1. The maximum atomic E-state index is 10.8. The van der Waals surface area contributed by atoms with Gasteiger partial charge in [-0.2, -0.15) is 5.10 Å². The number of nitrogens with zero attached hydrogens (tertiary/aromatic N) is 2. The first kappa shape index (κ1) is 11.0. The molecule has 0 spiro atoms. The molecule has 0 saturated carbocycles. The fraction of sp³-hybridized carbons (Fsp3) is 0.636. The van der Waals surface area contributed by atoms with Crippen molar-refractivity contribution < 1.29 is 4.79 Å². The van der Waals surface area contributed by atoms with Crippen LogP contribution in [0.15, 0.2) is 12.3 Å². The van der Waals surface area contributed by atoms with Crippen molar-refractivity contribution in [2.45, 2.75) is 40.2 Å². The molecule has 1 aromatic rings. The monoisotopic (exact) mass is 194 g/mol. The zero-order valence-corrected chi connectivity index (χ0v) is 9.16. The zero-order chi connectivity index (χ0) is 10.6. The van der Waals surface area contributed by atoms with E-state index in [4.69, 9.17) is 0 Å². The molecular formula is C11H18N2O. The van der Waals surface area contributed by atoms with Crippen LogP contribution in [-0.4, -0.2) is 15.6 Å². The Labute approximate surface area is 85.1 Å². The number of carbonyl (C=O) groups is 1. The molecule has 14 heavy (non-hydrogen) atoms. The third-order valence-electron chi connectivity index (χ3n) is 1.98. The quantitative estimate of drug-likeness (QED) is 0.719. The summed E-state index contributed by atoms with van der Waals surface area (Å²) in [5.74, 6) is 0.832. The summed E-state index contributed by atoms with van der Waals surface area (Å²) in [6, 6.07) is 1.99. The van der Waals surface area contributed by atoms with E-state index < -0.39 is 0 Å². The summed E-state index contributed by atoms with van der Waals surface area (Å²) in [5, 5.41) is 4.39. The Kier molecular flexibility index (Phi) is 3.86. The fourth-order valence-corrected chi connectivity index (χ4v) is 1.32. The number of aromatic nitrogens is 2. The highest BCUT2D eigenvalue weighted by molar-refractivity contribution is 5.75. The molecule has 0 saturated heterocycles. The van der Waals surface area contributed by atoms with Crippen LogP contribution in [0.4, 0.5) is 0 Å². The topological polar surface area (TPSA) is 34.9 Å². The van der Waals surface area contributed by atoms with E-state index in [1.54, 1.807) is 6.92 Å². The van der Waals surface area contributed by atoms with Gasteiger partial charge >= 0.3 is 0 Å². The largest absolute Gasteiger partial charge is 0.300 e. The first-order valence-electron chi connectivity index (χ1n) is 5.09. The van der Waals surface area contributed by atoms with Crippen molar-refractivity contribution in [2.75, 3.05) is 0 Å². The van der Waals surface area contributed by atoms with Crippen LogP contribution in [0, 0.1) is 5.92 Å². The van der Waals surface area contributed by atoms with Crippen LogP contribution < -0.4 is 0 Å². The molecule has 0 radical (unpaired) electrons. The number of rotatable bonds is 5. The summed E-state index contributed by atoms with van der Waals surface area (Å²) in [4.78, 5) is 10.8. The lowest BCUT2D eigenvalue weighted by atomic mass is 10.2. The molecule has 0 N–H and O–H groups in total. The van der Waals surface area contributed by atoms with Gasteiger partial charge in [0.2, 0.25) is 0 Å². The van der Waals surface area contributed by atoms with Gasteiger partial charge in [-0.15, -0.1) is 0 Å². The van der Waals surface area contributed by atoms with Gasteiger partial charge in [0.25, 0.3) is 0 Å². The summed E-state index contributed by atoms with van der Waals surface area (Å²) >= 11 is 0. The predicted molar refractivity (Wildman–Crippen MR) is 56.1 cm³/mol. The molecule has 0 aromatic carbocycles. The molecule has 78 valence electrons.